The van der Waals surface area contributed by atoms with E-state index in [1.807, 2.05) is 0 Å². The van der Waals surface area contributed by atoms with Crippen LogP contribution in [0, 0.1) is 0 Å². The lowest BCUT2D eigenvalue weighted by atomic mass is 10.8. The highest BCUT2D eigenvalue weighted by atomic mass is 19.4. The van der Waals surface area contributed by atoms with Crippen molar-refractivity contribution < 1.29 is 13.2 Å². The molecule has 0 spiro atoms. The number of alkyl halides is 3. The molecule has 3 nitrogen and oxygen atoms in total. The maximum Gasteiger partial charge on any atom is 0.485 e. The molecule has 0 rings (SSSR count). The molecule has 2 N–H and O–H groups in total. The van der Waals surface area contributed by atoms with Gasteiger partial charge in [0, 0.05) is 7.05 Å². The molecule has 0 amide bonds. The lowest BCUT2D eigenvalue weighted by Crippen LogP contribution is -2.32. The maximum atomic E-state index is 11.7. The summed E-state index contributed by atoms with van der Waals surface area (Å²) in [6.07, 6.45) is -3.86. The van der Waals surface area contributed by atoms with Gasteiger partial charge in [-0.1, -0.05) is 6.58 Å². The first-order valence-electron chi connectivity index (χ1n) is 2.62. The molecular formula is C5H8F3N3. The summed E-state index contributed by atoms with van der Waals surface area (Å²) >= 11 is 0. The van der Waals surface area contributed by atoms with Gasteiger partial charge in [-0.15, -0.1) is 0 Å². The summed E-state index contributed by atoms with van der Waals surface area (Å²) in [6.45, 7) is 3.09. The van der Waals surface area contributed by atoms with Crippen molar-refractivity contribution in [3.63, 3.8) is 0 Å². The largest absolute Gasteiger partial charge is 0.485 e. The molecule has 0 aromatic heterocycles. The average Bonchev–Trinajstić information content (AvgIpc) is 1.80. The Morgan fingerprint density at radius 1 is 1.64 bits per heavy atom. The van der Waals surface area contributed by atoms with Gasteiger partial charge in [0.05, 0.1) is 6.34 Å². The van der Waals surface area contributed by atoms with Crippen molar-refractivity contribution in [2.45, 2.75) is 6.30 Å². The standard InChI is InChI=1S/C5H8F3N3/c1-4(9)10-3-11(2)5(6,7)8/h3H,1,9H2,2H3. The second-order valence-electron chi connectivity index (χ2n) is 1.81. The van der Waals surface area contributed by atoms with Crippen LogP contribution in [0.15, 0.2) is 17.4 Å². The molecule has 64 valence electrons. The van der Waals surface area contributed by atoms with Crippen molar-refractivity contribution in [2.75, 3.05) is 7.05 Å². The van der Waals surface area contributed by atoms with E-state index in [9.17, 15) is 13.2 Å². The van der Waals surface area contributed by atoms with E-state index < -0.39 is 6.30 Å². The summed E-state index contributed by atoms with van der Waals surface area (Å²) in [7, 11) is 0.826. The van der Waals surface area contributed by atoms with Crippen molar-refractivity contribution >= 4 is 6.34 Å². The van der Waals surface area contributed by atoms with Gasteiger partial charge >= 0.3 is 6.30 Å². The summed E-state index contributed by atoms with van der Waals surface area (Å²) in [5.41, 5.74) is 4.90. The SMILES string of the molecule is C=C(N)N=CN(C)C(F)(F)F. The van der Waals surface area contributed by atoms with Gasteiger partial charge < -0.3 is 5.73 Å². The van der Waals surface area contributed by atoms with Gasteiger partial charge in [-0.25, -0.2) is 4.99 Å². The third-order valence-corrected chi connectivity index (χ3v) is 0.797. The minimum Gasteiger partial charge on any atom is -0.384 e. The smallest absolute Gasteiger partial charge is 0.384 e. The maximum absolute atomic E-state index is 11.7. The zero-order valence-electron chi connectivity index (χ0n) is 5.89. The highest BCUT2D eigenvalue weighted by Gasteiger charge is 2.32. The Bertz CT molecular complexity index is 172. The highest BCUT2D eigenvalue weighted by molar-refractivity contribution is 5.56. The fourth-order valence-corrected chi connectivity index (χ4v) is 0.226. The second-order valence-corrected chi connectivity index (χ2v) is 1.81. The highest BCUT2D eigenvalue weighted by Crippen LogP contribution is 2.16. The summed E-state index contributed by atoms with van der Waals surface area (Å²) < 4.78 is 35.0. The molecule has 0 radical (unpaired) electrons. The van der Waals surface area contributed by atoms with Crippen LogP contribution in [0.25, 0.3) is 0 Å². The van der Waals surface area contributed by atoms with E-state index in [1.54, 1.807) is 0 Å². The summed E-state index contributed by atoms with van der Waals surface area (Å²) in [5, 5.41) is 0. The van der Waals surface area contributed by atoms with Crippen molar-refractivity contribution in [3.8, 4) is 0 Å². The molecule has 11 heavy (non-hydrogen) atoms. The van der Waals surface area contributed by atoms with Crippen LogP contribution in [0.1, 0.15) is 0 Å². The normalized spacial score (nSPS) is 12.0. The first-order valence-corrected chi connectivity index (χ1v) is 2.62. The molecule has 0 aliphatic rings. The average molecular weight is 167 g/mol. The molecule has 0 aromatic rings. The fourth-order valence-electron chi connectivity index (χ4n) is 0.226. The van der Waals surface area contributed by atoms with E-state index in [2.05, 4.69) is 11.6 Å². The van der Waals surface area contributed by atoms with Crippen molar-refractivity contribution in [1.82, 2.24) is 4.90 Å². The van der Waals surface area contributed by atoms with Crippen LogP contribution in [-0.2, 0) is 0 Å². The van der Waals surface area contributed by atoms with Gasteiger partial charge in [0.2, 0.25) is 0 Å². The van der Waals surface area contributed by atoms with Gasteiger partial charge in [0.25, 0.3) is 0 Å². The molecule has 0 saturated carbocycles. The topological polar surface area (TPSA) is 41.6 Å². The van der Waals surface area contributed by atoms with Gasteiger partial charge in [0.1, 0.15) is 5.82 Å². The van der Waals surface area contributed by atoms with Crippen LogP contribution in [0.4, 0.5) is 13.2 Å². The molecule has 0 aliphatic carbocycles. The molecule has 6 heteroatoms. The Kier molecular flexibility index (Phi) is 2.91. The van der Waals surface area contributed by atoms with Crippen LogP contribution >= 0.6 is 0 Å². The number of hydrogen-bond acceptors (Lipinski definition) is 2. The van der Waals surface area contributed by atoms with Gasteiger partial charge in [-0.2, -0.15) is 13.2 Å². The third-order valence-electron chi connectivity index (χ3n) is 0.797. The first kappa shape index (κ1) is 9.80. The van der Waals surface area contributed by atoms with Crippen LogP contribution < -0.4 is 5.73 Å². The van der Waals surface area contributed by atoms with E-state index in [-0.39, 0.29) is 10.7 Å². The zero-order chi connectivity index (χ0) is 9.07. The Balaban J connectivity index is 4.07. The molecule has 0 unspecified atom stereocenters. The van der Waals surface area contributed by atoms with E-state index >= 15 is 0 Å². The Morgan fingerprint density at radius 3 is 2.36 bits per heavy atom. The molecular weight excluding hydrogens is 159 g/mol. The first-order chi connectivity index (χ1) is 4.84. The Hall–Kier alpha value is -1.20. The van der Waals surface area contributed by atoms with Gasteiger partial charge in [-0.3, -0.25) is 4.90 Å². The van der Waals surface area contributed by atoms with Crippen molar-refractivity contribution in [1.29, 1.82) is 0 Å². The van der Waals surface area contributed by atoms with Crippen LogP contribution in [0.3, 0.4) is 0 Å². The predicted octanol–water partition coefficient (Wildman–Crippen LogP) is 0.896. The molecule has 0 bridgehead atoms. The van der Waals surface area contributed by atoms with Crippen molar-refractivity contribution in [3.05, 3.63) is 12.4 Å². The van der Waals surface area contributed by atoms with E-state index in [0.29, 0.717) is 6.34 Å². The lowest BCUT2D eigenvalue weighted by Gasteiger charge is -2.15. The van der Waals surface area contributed by atoms with Gasteiger partial charge in [-0.05, 0) is 0 Å². The molecule has 0 atom stereocenters. The number of aliphatic imine (C=N–C) groups is 1. The summed E-state index contributed by atoms with van der Waals surface area (Å²) in [6, 6.07) is 0. The van der Waals surface area contributed by atoms with E-state index in [4.69, 9.17) is 5.73 Å². The number of nitrogens with two attached hydrogens (primary N) is 1. The molecule has 0 heterocycles. The van der Waals surface area contributed by atoms with Crippen LogP contribution in [0.5, 0.6) is 0 Å². The van der Waals surface area contributed by atoms with Crippen LogP contribution in [-0.4, -0.2) is 24.6 Å². The number of rotatable bonds is 2. The quantitative estimate of drug-likeness (QED) is 0.377. The second kappa shape index (κ2) is 3.27. The van der Waals surface area contributed by atoms with Crippen molar-refractivity contribution in [2.24, 2.45) is 10.7 Å². The van der Waals surface area contributed by atoms with E-state index in [0.717, 1.165) is 7.05 Å². The van der Waals surface area contributed by atoms with Crippen LogP contribution in [0.2, 0.25) is 0 Å². The Labute approximate surface area is 62.0 Å². The minimum absolute atomic E-state index is 0.0228. The van der Waals surface area contributed by atoms with E-state index in [1.165, 1.54) is 0 Å². The lowest BCUT2D eigenvalue weighted by molar-refractivity contribution is -0.207. The van der Waals surface area contributed by atoms with Gasteiger partial charge in [0.15, 0.2) is 0 Å². The fraction of sp³-hybridized carbons (Fsp3) is 0.400. The molecule has 0 aromatic carbocycles. The predicted molar refractivity (Wildman–Crippen MR) is 35.6 cm³/mol. The number of hydrogen-bond donors (Lipinski definition) is 1. The zero-order valence-corrected chi connectivity index (χ0v) is 5.89. The summed E-state index contributed by atoms with van der Waals surface area (Å²) in [4.78, 5) is 3.13. The third kappa shape index (κ3) is 4.24. The number of halogens is 3. The molecule has 0 aliphatic heterocycles. The Morgan fingerprint density at radius 2 is 2.09 bits per heavy atom. The molecule has 0 saturated heterocycles. The monoisotopic (exact) mass is 167 g/mol. The minimum atomic E-state index is -4.42. The molecule has 0 fully saturated rings. The summed E-state index contributed by atoms with van der Waals surface area (Å²) in [5.74, 6) is -0.166. The number of nitrogens with zero attached hydrogens (tertiary/aromatic N) is 2.